The minimum absolute atomic E-state index is 0.193. The number of anilines is 1. The van der Waals surface area contributed by atoms with Crippen LogP contribution in [0.5, 0.6) is 0 Å². The van der Waals surface area contributed by atoms with E-state index in [1.807, 2.05) is 0 Å². The fourth-order valence-corrected chi connectivity index (χ4v) is 1.93. The van der Waals surface area contributed by atoms with E-state index < -0.39 is 17.5 Å². The van der Waals surface area contributed by atoms with Crippen LogP contribution in [0.4, 0.5) is 14.9 Å². The lowest BCUT2D eigenvalue weighted by Gasteiger charge is -2.33. The molecule has 0 aliphatic carbocycles. The van der Waals surface area contributed by atoms with Crippen molar-refractivity contribution in [3.05, 3.63) is 29.1 Å². The Kier molecular flexibility index (Phi) is 2.41. The maximum absolute atomic E-state index is 13.5. The molecule has 0 bridgehead atoms. The van der Waals surface area contributed by atoms with Crippen LogP contribution in [-0.4, -0.2) is 11.8 Å². The van der Waals surface area contributed by atoms with Crippen molar-refractivity contribution in [2.24, 2.45) is 0 Å². The van der Waals surface area contributed by atoms with E-state index in [0.29, 0.717) is 16.8 Å². The minimum Gasteiger partial charge on any atom is -0.438 e. The van der Waals surface area contributed by atoms with Crippen LogP contribution in [0.25, 0.3) is 0 Å². The van der Waals surface area contributed by atoms with Crippen LogP contribution in [0, 0.1) is 11.2 Å². The molecule has 2 rings (SSSR count). The number of benzene rings is 1. The molecule has 1 heterocycles. The Labute approximate surface area is 98.3 Å². The Morgan fingerprint density at radius 3 is 2.71 bits per heavy atom. The molecular formula is C12H13FN2O2. The highest BCUT2D eigenvalue weighted by Crippen LogP contribution is 2.38. The summed E-state index contributed by atoms with van der Waals surface area (Å²) in [4.78, 5) is 11.4. The lowest BCUT2D eigenvalue weighted by Crippen LogP contribution is -2.35. The maximum atomic E-state index is 13.5. The Bertz CT molecular complexity index is 523. The topological polar surface area (TPSA) is 62.2 Å². The fourth-order valence-electron chi connectivity index (χ4n) is 1.93. The molecule has 0 fully saturated rings. The van der Waals surface area contributed by atoms with Gasteiger partial charge in [-0.25, -0.2) is 9.18 Å². The molecule has 90 valence electrons. The van der Waals surface area contributed by atoms with E-state index in [2.05, 4.69) is 5.32 Å². The summed E-state index contributed by atoms with van der Waals surface area (Å²) in [5.41, 5.74) is 0.673. The van der Waals surface area contributed by atoms with Crippen LogP contribution >= 0.6 is 0 Å². The minimum atomic E-state index is -0.899. The summed E-state index contributed by atoms with van der Waals surface area (Å²) < 4.78 is 18.6. The number of ether oxygens (including phenoxy) is 1. The van der Waals surface area contributed by atoms with Crippen molar-refractivity contribution in [2.45, 2.75) is 26.4 Å². The van der Waals surface area contributed by atoms with Gasteiger partial charge >= 0.3 is 6.09 Å². The van der Waals surface area contributed by atoms with Crippen molar-refractivity contribution in [2.75, 3.05) is 5.32 Å². The molecule has 0 saturated heterocycles. The maximum Gasteiger partial charge on any atom is 0.412 e. The average molecular weight is 236 g/mol. The first kappa shape index (κ1) is 11.6. The summed E-state index contributed by atoms with van der Waals surface area (Å²) in [5.74, 6) is -0.446. The number of carbonyl (C=O) groups is 1. The molecule has 2 N–H and O–H groups in total. The molecule has 0 atom stereocenters. The quantitative estimate of drug-likeness (QED) is 0.736. The molecule has 0 unspecified atom stereocenters. The second-order valence-corrected chi connectivity index (χ2v) is 4.53. The molecule has 1 amide bonds. The van der Waals surface area contributed by atoms with Crippen molar-refractivity contribution in [1.82, 2.24) is 0 Å². The highest BCUT2D eigenvalue weighted by molar-refractivity contribution is 6.05. The monoisotopic (exact) mass is 236 g/mol. The predicted octanol–water partition coefficient (Wildman–Crippen LogP) is 3.01. The van der Waals surface area contributed by atoms with E-state index in [1.165, 1.54) is 12.1 Å². The van der Waals surface area contributed by atoms with Gasteiger partial charge in [-0.3, -0.25) is 5.32 Å². The number of fused-ring (bicyclic) bond motifs is 1. The zero-order valence-electron chi connectivity index (χ0n) is 9.85. The van der Waals surface area contributed by atoms with Gasteiger partial charge in [-0.2, -0.15) is 0 Å². The molecule has 5 heteroatoms. The van der Waals surface area contributed by atoms with Crippen molar-refractivity contribution < 1.29 is 13.9 Å². The van der Waals surface area contributed by atoms with Crippen LogP contribution in [0.2, 0.25) is 0 Å². The van der Waals surface area contributed by atoms with Gasteiger partial charge in [0.2, 0.25) is 0 Å². The summed E-state index contributed by atoms with van der Waals surface area (Å²) >= 11 is 0. The Hall–Kier alpha value is -1.91. The van der Waals surface area contributed by atoms with Crippen molar-refractivity contribution in [3.8, 4) is 0 Å². The van der Waals surface area contributed by atoms with Gasteiger partial charge in [0.1, 0.15) is 11.4 Å². The second-order valence-electron chi connectivity index (χ2n) is 4.53. The first-order valence-corrected chi connectivity index (χ1v) is 5.21. The van der Waals surface area contributed by atoms with Gasteiger partial charge in [0.25, 0.3) is 0 Å². The van der Waals surface area contributed by atoms with Crippen molar-refractivity contribution in [1.29, 1.82) is 5.41 Å². The fraction of sp³-hybridized carbons (Fsp3) is 0.333. The number of hydrogen-bond acceptors (Lipinski definition) is 3. The van der Waals surface area contributed by atoms with E-state index in [1.54, 1.807) is 20.8 Å². The Balaban J connectivity index is 2.73. The van der Waals surface area contributed by atoms with Crippen LogP contribution < -0.4 is 5.32 Å². The highest BCUT2D eigenvalue weighted by Gasteiger charge is 2.35. The molecule has 17 heavy (non-hydrogen) atoms. The highest BCUT2D eigenvalue weighted by atomic mass is 19.1. The number of cyclic esters (lactones) is 1. The Morgan fingerprint density at radius 2 is 2.12 bits per heavy atom. The summed E-state index contributed by atoms with van der Waals surface area (Å²) in [7, 11) is 0. The molecule has 1 aromatic carbocycles. The van der Waals surface area contributed by atoms with E-state index in [-0.39, 0.29) is 5.71 Å². The number of nitrogens with one attached hydrogen (secondary N) is 2. The van der Waals surface area contributed by atoms with Crippen LogP contribution in [0.1, 0.15) is 31.9 Å². The van der Waals surface area contributed by atoms with Gasteiger partial charge in [-0.15, -0.1) is 0 Å². The summed E-state index contributed by atoms with van der Waals surface area (Å²) in [5, 5.41) is 10.1. The SMILES string of the molecule is CC(=N)c1cc(F)cc2c1NC(=O)OC2(C)C. The smallest absolute Gasteiger partial charge is 0.412 e. The van der Waals surface area contributed by atoms with Crippen LogP contribution in [0.3, 0.4) is 0 Å². The van der Waals surface area contributed by atoms with Gasteiger partial charge in [0.05, 0.1) is 5.69 Å². The van der Waals surface area contributed by atoms with Gasteiger partial charge < -0.3 is 10.1 Å². The number of hydrogen-bond donors (Lipinski definition) is 2. The van der Waals surface area contributed by atoms with Gasteiger partial charge in [0.15, 0.2) is 0 Å². The largest absolute Gasteiger partial charge is 0.438 e. The molecule has 0 radical (unpaired) electrons. The van der Waals surface area contributed by atoms with E-state index in [0.717, 1.165) is 0 Å². The molecule has 4 nitrogen and oxygen atoms in total. The molecule has 0 saturated carbocycles. The first-order valence-electron chi connectivity index (χ1n) is 5.21. The summed E-state index contributed by atoms with van der Waals surface area (Å²) in [6, 6.07) is 2.56. The van der Waals surface area contributed by atoms with Crippen LogP contribution in [-0.2, 0) is 10.3 Å². The lowest BCUT2D eigenvalue weighted by atomic mass is 9.91. The summed E-state index contributed by atoms with van der Waals surface area (Å²) in [6.45, 7) is 4.92. The zero-order valence-corrected chi connectivity index (χ0v) is 9.85. The molecule has 1 aliphatic rings. The number of carbonyl (C=O) groups excluding carboxylic acids is 1. The van der Waals surface area contributed by atoms with Gasteiger partial charge in [-0.05, 0) is 32.9 Å². The molecule has 1 aromatic rings. The summed E-state index contributed by atoms with van der Waals surface area (Å²) in [6.07, 6.45) is -0.586. The number of halogens is 1. The molecular weight excluding hydrogens is 223 g/mol. The zero-order chi connectivity index (χ0) is 12.8. The lowest BCUT2D eigenvalue weighted by molar-refractivity contribution is 0.0417. The first-order chi connectivity index (χ1) is 7.81. The third-order valence-electron chi connectivity index (χ3n) is 2.73. The number of amides is 1. The van der Waals surface area contributed by atoms with Crippen LogP contribution in [0.15, 0.2) is 12.1 Å². The second kappa shape index (κ2) is 3.55. The molecule has 1 aliphatic heterocycles. The molecule has 0 spiro atoms. The standard InChI is InChI=1S/C12H13FN2O2/c1-6(14)8-4-7(13)5-9-10(8)15-11(16)17-12(9,2)3/h4-5,14H,1-3H3,(H,15,16). The average Bonchev–Trinajstić information content (AvgIpc) is 2.17. The van der Waals surface area contributed by atoms with E-state index in [9.17, 15) is 9.18 Å². The Morgan fingerprint density at radius 1 is 1.47 bits per heavy atom. The number of rotatable bonds is 1. The third kappa shape index (κ3) is 1.88. The van der Waals surface area contributed by atoms with Crippen molar-refractivity contribution >= 4 is 17.5 Å². The normalized spacial score (nSPS) is 16.8. The van der Waals surface area contributed by atoms with Gasteiger partial charge in [-0.1, -0.05) is 0 Å². The van der Waals surface area contributed by atoms with E-state index in [4.69, 9.17) is 10.1 Å². The van der Waals surface area contributed by atoms with E-state index >= 15 is 0 Å². The van der Waals surface area contributed by atoms with Crippen molar-refractivity contribution in [3.63, 3.8) is 0 Å². The third-order valence-corrected chi connectivity index (χ3v) is 2.73. The van der Waals surface area contributed by atoms with Gasteiger partial charge in [0, 0.05) is 16.8 Å². The molecule has 0 aromatic heterocycles. The predicted molar refractivity (Wildman–Crippen MR) is 62.0 cm³/mol.